The van der Waals surface area contributed by atoms with Crippen LogP contribution < -0.4 is 0 Å². The van der Waals surface area contributed by atoms with E-state index in [1.54, 1.807) is 30.3 Å². The number of carbonyl (C=O) groups excluding carboxylic acids is 1. The molecule has 1 aromatic rings. The topological polar surface area (TPSA) is 85.2 Å². The number of ether oxygens (including phenoxy) is 3. The van der Waals surface area contributed by atoms with Crippen molar-refractivity contribution in [3.05, 3.63) is 35.9 Å². The Kier molecular flexibility index (Phi) is 4.49. The van der Waals surface area contributed by atoms with E-state index < -0.39 is 30.6 Å². The predicted molar refractivity (Wildman–Crippen MR) is 64.4 cm³/mol. The van der Waals surface area contributed by atoms with Crippen LogP contribution in [0.3, 0.4) is 0 Å². The molecule has 1 heterocycles. The second-order valence-corrected chi connectivity index (χ2v) is 4.22. The van der Waals surface area contributed by atoms with Crippen molar-refractivity contribution < 1.29 is 29.2 Å². The SMILES string of the molecule is CO[C@H]1O[C@H](COC(=O)c2ccccc2)[C@H](O)[C@H]1O. The van der Waals surface area contributed by atoms with E-state index in [2.05, 4.69) is 0 Å². The highest BCUT2D eigenvalue weighted by Crippen LogP contribution is 2.22. The second kappa shape index (κ2) is 6.12. The zero-order valence-electron chi connectivity index (χ0n) is 10.4. The van der Waals surface area contributed by atoms with E-state index in [0.29, 0.717) is 5.56 Å². The van der Waals surface area contributed by atoms with Crippen LogP contribution >= 0.6 is 0 Å². The Labute approximate surface area is 110 Å². The monoisotopic (exact) mass is 268 g/mol. The van der Waals surface area contributed by atoms with Gasteiger partial charge in [-0.05, 0) is 12.1 Å². The Hall–Kier alpha value is -1.47. The molecule has 0 radical (unpaired) electrons. The molecule has 1 aromatic carbocycles. The fourth-order valence-corrected chi connectivity index (χ4v) is 1.86. The van der Waals surface area contributed by atoms with E-state index in [9.17, 15) is 15.0 Å². The highest BCUT2D eigenvalue weighted by Gasteiger charge is 2.43. The largest absolute Gasteiger partial charge is 0.459 e. The van der Waals surface area contributed by atoms with Gasteiger partial charge in [0.15, 0.2) is 6.29 Å². The third-order valence-corrected chi connectivity index (χ3v) is 2.94. The van der Waals surface area contributed by atoms with Gasteiger partial charge in [0.25, 0.3) is 0 Å². The zero-order chi connectivity index (χ0) is 13.8. The molecule has 19 heavy (non-hydrogen) atoms. The fourth-order valence-electron chi connectivity index (χ4n) is 1.86. The summed E-state index contributed by atoms with van der Waals surface area (Å²) in [7, 11) is 1.36. The van der Waals surface area contributed by atoms with Gasteiger partial charge in [-0.15, -0.1) is 0 Å². The Morgan fingerprint density at radius 1 is 1.26 bits per heavy atom. The normalized spacial score (nSPS) is 30.3. The average molecular weight is 268 g/mol. The lowest BCUT2D eigenvalue weighted by atomic mass is 10.1. The number of rotatable bonds is 4. The molecule has 0 saturated carbocycles. The molecule has 4 atom stereocenters. The van der Waals surface area contributed by atoms with Crippen LogP contribution in [-0.2, 0) is 14.2 Å². The van der Waals surface area contributed by atoms with Crippen molar-refractivity contribution in [3.8, 4) is 0 Å². The molecule has 0 aromatic heterocycles. The summed E-state index contributed by atoms with van der Waals surface area (Å²) in [5.74, 6) is -0.508. The van der Waals surface area contributed by atoms with Crippen LogP contribution in [0.25, 0.3) is 0 Å². The summed E-state index contributed by atoms with van der Waals surface area (Å²) in [6.45, 7) is -0.147. The van der Waals surface area contributed by atoms with Gasteiger partial charge in [-0.2, -0.15) is 0 Å². The van der Waals surface area contributed by atoms with Gasteiger partial charge in [-0.25, -0.2) is 4.79 Å². The first-order chi connectivity index (χ1) is 9.13. The van der Waals surface area contributed by atoms with Crippen molar-refractivity contribution in [2.45, 2.75) is 24.6 Å². The third-order valence-electron chi connectivity index (χ3n) is 2.94. The van der Waals surface area contributed by atoms with Gasteiger partial charge in [0.05, 0.1) is 5.56 Å². The number of methoxy groups -OCH3 is 1. The van der Waals surface area contributed by atoms with Crippen molar-refractivity contribution in [2.24, 2.45) is 0 Å². The fraction of sp³-hybridized carbons (Fsp3) is 0.462. The molecule has 1 fully saturated rings. The molecule has 0 bridgehead atoms. The molecule has 0 amide bonds. The van der Waals surface area contributed by atoms with Crippen molar-refractivity contribution in [2.75, 3.05) is 13.7 Å². The van der Waals surface area contributed by atoms with Crippen LogP contribution in [0, 0.1) is 0 Å². The molecule has 104 valence electrons. The second-order valence-electron chi connectivity index (χ2n) is 4.22. The van der Waals surface area contributed by atoms with Gasteiger partial charge in [-0.3, -0.25) is 0 Å². The molecule has 1 aliphatic rings. The Morgan fingerprint density at radius 2 is 1.95 bits per heavy atom. The van der Waals surface area contributed by atoms with Gasteiger partial charge in [0.1, 0.15) is 24.9 Å². The van der Waals surface area contributed by atoms with Crippen LogP contribution in [0.1, 0.15) is 10.4 Å². The van der Waals surface area contributed by atoms with Crippen LogP contribution in [-0.4, -0.2) is 54.5 Å². The van der Waals surface area contributed by atoms with E-state index in [4.69, 9.17) is 14.2 Å². The number of carbonyl (C=O) groups is 1. The molecule has 0 unspecified atom stereocenters. The van der Waals surface area contributed by atoms with Gasteiger partial charge in [0.2, 0.25) is 0 Å². The lowest BCUT2D eigenvalue weighted by molar-refractivity contribution is -0.153. The van der Waals surface area contributed by atoms with Crippen LogP contribution in [0.5, 0.6) is 0 Å². The van der Waals surface area contributed by atoms with Crippen LogP contribution in [0.4, 0.5) is 0 Å². The zero-order valence-corrected chi connectivity index (χ0v) is 10.4. The summed E-state index contributed by atoms with van der Waals surface area (Å²) in [6, 6.07) is 8.49. The lowest BCUT2D eigenvalue weighted by Crippen LogP contribution is -2.35. The van der Waals surface area contributed by atoms with Crippen LogP contribution in [0.15, 0.2) is 30.3 Å². The average Bonchev–Trinajstić information content (AvgIpc) is 2.73. The molecule has 0 aliphatic carbocycles. The number of aliphatic hydroxyl groups is 2. The number of aliphatic hydroxyl groups excluding tert-OH is 2. The molecule has 6 heteroatoms. The molecule has 2 N–H and O–H groups in total. The smallest absolute Gasteiger partial charge is 0.338 e. The van der Waals surface area contributed by atoms with Crippen molar-refractivity contribution in [3.63, 3.8) is 0 Å². The highest BCUT2D eigenvalue weighted by atomic mass is 16.7. The molecular weight excluding hydrogens is 252 g/mol. The van der Waals surface area contributed by atoms with E-state index in [-0.39, 0.29) is 6.61 Å². The number of hydrogen-bond acceptors (Lipinski definition) is 6. The van der Waals surface area contributed by atoms with Crippen molar-refractivity contribution >= 4 is 5.97 Å². The van der Waals surface area contributed by atoms with E-state index in [0.717, 1.165) is 0 Å². The Morgan fingerprint density at radius 3 is 2.53 bits per heavy atom. The molecule has 0 spiro atoms. The summed E-state index contributed by atoms with van der Waals surface area (Å²) in [5.41, 5.74) is 0.416. The minimum atomic E-state index is -1.15. The maximum Gasteiger partial charge on any atom is 0.338 e. The van der Waals surface area contributed by atoms with Crippen molar-refractivity contribution in [1.82, 2.24) is 0 Å². The quantitative estimate of drug-likeness (QED) is 0.744. The number of esters is 1. The summed E-state index contributed by atoms with van der Waals surface area (Å²) in [4.78, 5) is 11.7. The third kappa shape index (κ3) is 3.10. The first-order valence-electron chi connectivity index (χ1n) is 5.90. The molecule has 1 saturated heterocycles. The molecule has 1 aliphatic heterocycles. The standard InChI is InChI=1S/C13H16O6/c1-17-13-11(15)10(14)9(19-13)7-18-12(16)8-5-3-2-4-6-8/h2-6,9-11,13-15H,7H2,1H3/t9-,10+,11-,13+/m1/s1. The lowest BCUT2D eigenvalue weighted by Gasteiger charge is -2.14. The minimum absolute atomic E-state index is 0.147. The van der Waals surface area contributed by atoms with Gasteiger partial charge >= 0.3 is 5.97 Å². The van der Waals surface area contributed by atoms with Gasteiger partial charge < -0.3 is 24.4 Å². The number of benzene rings is 1. The summed E-state index contributed by atoms with van der Waals surface area (Å²) in [6.07, 6.45) is -4.00. The van der Waals surface area contributed by atoms with E-state index >= 15 is 0 Å². The summed E-state index contributed by atoms with van der Waals surface area (Å²) < 4.78 is 15.1. The summed E-state index contributed by atoms with van der Waals surface area (Å²) >= 11 is 0. The van der Waals surface area contributed by atoms with E-state index in [1.807, 2.05) is 0 Å². The van der Waals surface area contributed by atoms with Gasteiger partial charge in [-0.1, -0.05) is 18.2 Å². The van der Waals surface area contributed by atoms with E-state index in [1.165, 1.54) is 7.11 Å². The predicted octanol–water partition coefficient (Wildman–Crippen LogP) is -0.0635. The first kappa shape index (κ1) is 14.0. The summed E-state index contributed by atoms with van der Waals surface area (Å²) in [5, 5.41) is 19.3. The maximum absolute atomic E-state index is 11.7. The minimum Gasteiger partial charge on any atom is -0.459 e. The molecule has 6 nitrogen and oxygen atoms in total. The first-order valence-corrected chi connectivity index (χ1v) is 5.90. The maximum atomic E-state index is 11.7. The van der Waals surface area contributed by atoms with Crippen molar-refractivity contribution in [1.29, 1.82) is 0 Å². The Bertz CT molecular complexity index is 420. The number of hydrogen-bond donors (Lipinski definition) is 2. The van der Waals surface area contributed by atoms with Gasteiger partial charge in [0, 0.05) is 7.11 Å². The molecular formula is C13H16O6. The van der Waals surface area contributed by atoms with Crippen LogP contribution in [0.2, 0.25) is 0 Å². The Balaban J connectivity index is 1.88. The molecule has 2 rings (SSSR count). The highest BCUT2D eigenvalue weighted by molar-refractivity contribution is 5.89.